The highest BCUT2D eigenvalue weighted by Gasteiger charge is 2.29. The summed E-state index contributed by atoms with van der Waals surface area (Å²) >= 11 is 0. The van der Waals surface area contributed by atoms with Crippen molar-refractivity contribution < 1.29 is 13.9 Å². The largest absolute Gasteiger partial charge is 0.427 e. The predicted molar refractivity (Wildman–Crippen MR) is 104 cm³/mol. The maximum atomic E-state index is 12.9. The Morgan fingerprint density at radius 1 is 1.11 bits per heavy atom. The first-order valence-electron chi connectivity index (χ1n) is 9.56. The van der Waals surface area contributed by atoms with Gasteiger partial charge in [0, 0.05) is 19.5 Å². The summed E-state index contributed by atoms with van der Waals surface area (Å²) in [5.74, 6) is 0.368. The Hall–Kier alpha value is -2.40. The zero-order chi connectivity index (χ0) is 19.4. The summed E-state index contributed by atoms with van der Waals surface area (Å²) in [5.41, 5.74) is 1.54. The normalized spacial score (nSPS) is 19.9. The van der Waals surface area contributed by atoms with Crippen LogP contribution in [0.4, 0.5) is 0 Å². The summed E-state index contributed by atoms with van der Waals surface area (Å²) < 4.78 is 11.1. The summed E-state index contributed by atoms with van der Waals surface area (Å²) in [5, 5.41) is 0. The number of aryl methyl sites for hydroxylation is 3. The van der Waals surface area contributed by atoms with Crippen molar-refractivity contribution in [2.45, 2.75) is 52.2 Å². The lowest BCUT2D eigenvalue weighted by atomic mass is 10.0. The van der Waals surface area contributed by atoms with Crippen LogP contribution in [-0.2, 0) is 17.6 Å². The maximum Gasteiger partial charge on any atom is 0.349 e. The number of ether oxygens (including phenoxy) is 1. The van der Waals surface area contributed by atoms with Crippen LogP contribution in [0.1, 0.15) is 47.5 Å². The predicted octanol–water partition coefficient (Wildman–Crippen LogP) is 3.37. The van der Waals surface area contributed by atoms with Crippen molar-refractivity contribution in [2.75, 3.05) is 13.1 Å². The van der Waals surface area contributed by atoms with E-state index in [0.29, 0.717) is 30.8 Å². The van der Waals surface area contributed by atoms with Gasteiger partial charge in [0.2, 0.25) is 0 Å². The van der Waals surface area contributed by atoms with Crippen molar-refractivity contribution in [3.63, 3.8) is 0 Å². The minimum absolute atomic E-state index is 0.0395. The van der Waals surface area contributed by atoms with Crippen LogP contribution in [-0.4, -0.2) is 36.1 Å². The molecule has 1 amide bonds. The summed E-state index contributed by atoms with van der Waals surface area (Å²) in [7, 11) is 0. The van der Waals surface area contributed by atoms with E-state index in [1.807, 2.05) is 38.1 Å². The fraction of sp³-hybridized carbons (Fsp3) is 0.455. The first kappa shape index (κ1) is 19.4. The van der Waals surface area contributed by atoms with Crippen molar-refractivity contribution in [3.05, 3.63) is 69.3 Å². The monoisotopic (exact) mass is 369 g/mol. The molecule has 0 radical (unpaired) electrons. The lowest BCUT2D eigenvalue weighted by Gasteiger charge is -2.35. The van der Waals surface area contributed by atoms with Crippen molar-refractivity contribution >= 4 is 5.91 Å². The number of hydrogen-bond acceptors (Lipinski definition) is 4. The number of rotatable bonds is 5. The molecule has 2 atom stereocenters. The first-order chi connectivity index (χ1) is 12.9. The highest BCUT2D eigenvalue weighted by atomic mass is 16.5. The van der Waals surface area contributed by atoms with Gasteiger partial charge in [0.05, 0.1) is 12.2 Å². The minimum Gasteiger partial charge on any atom is -0.427 e. The second kappa shape index (κ2) is 8.53. The third-order valence-corrected chi connectivity index (χ3v) is 4.85. The second-order valence-corrected chi connectivity index (χ2v) is 7.36. The summed E-state index contributed by atoms with van der Waals surface area (Å²) in [4.78, 5) is 27.0. The number of hydrogen-bond donors (Lipinski definition) is 0. The molecule has 5 heteroatoms. The smallest absolute Gasteiger partial charge is 0.349 e. The quantitative estimate of drug-likeness (QED) is 0.811. The fourth-order valence-corrected chi connectivity index (χ4v) is 3.67. The van der Waals surface area contributed by atoms with Crippen LogP contribution in [0, 0.1) is 6.92 Å². The van der Waals surface area contributed by atoms with Gasteiger partial charge in [0.25, 0.3) is 5.91 Å². The van der Waals surface area contributed by atoms with E-state index in [1.165, 1.54) is 5.56 Å². The van der Waals surface area contributed by atoms with E-state index in [4.69, 9.17) is 9.15 Å². The maximum absolute atomic E-state index is 12.9. The topological polar surface area (TPSA) is 59.8 Å². The Kier molecular flexibility index (Phi) is 6.11. The SMILES string of the molecule is Cc1cc(CCCc2ccccc2)oc(=O)c1C(=O)N1C[C@@H](C)O[C@@H](C)C1. The molecule has 3 rings (SSSR count). The first-order valence-corrected chi connectivity index (χ1v) is 9.56. The Morgan fingerprint density at radius 2 is 1.78 bits per heavy atom. The number of carbonyl (C=O) groups is 1. The van der Waals surface area contributed by atoms with Gasteiger partial charge in [-0.05, 0) is 50.8 Å². The number of nitrogens with zero attached hydrogens (tertiary/aromatic N) is 1. The van der Waals surface area contributed by atoms with Crippen molar-refractivity contribution in [1.82, 2.24) is 4.90 Å². The number of carbonyl (C=O) groups excluding carboxylic acids is 1. The lowest BCUT2D eigenvalue weighted by molar-refractivity contribution is -0.0587. The molecule has 2 heterocycles. The van der Waals surface area contributed by atoms with Gasteiger partial charge < -0.3 is 14.1 Å². The van der Waals surface area contributed by atoms with E-state index in [2.05, 4.69) is 12.1 Å². The van der Waals surface area contributed by atoms with Crippen molar-refractivity contribution in [2.24, 2.45) is 0 Å². The Labute approximate surface area is 159 Å². The molecule has 1 aromatic carbocycles. The second-order valence-electron chi connectivity index (χ2n) is 7.36. The molecule has 0 aliphatic carbocycles. The zero-order valence-electron chi connectivity index (χ0n) is 16.2. The molecule has 0 bridgehead atoms. The average molecular weight is 369 g/mol. The van der Waals surface area contributed by atoms with Gasteiger partial charge in [0.1, 0.15) is 11.3 Å². The van der Waals surface area contributed by atoms with E-state index in [-0.39, 0.29) is 23.7 Å². The van der Waals surface area contributed by atoms with Crippen molar-refractivity contribution in [3.8, 4) is 0 Å². The van der Waals surface area contributed by atoms with Crippen LogP contribution in [0.2, 0.25) is 0 Å². The molecule has 1 fully saturated rings. The molecule has 0 N–H and O–H groups in total. The molecule has 0 saturated carbocycles. The van der Waals surface area contributed by atoms with Gasteiger partial charge in [-0.25, -0.2) is 4.79 Å². The van der Waals surface area contributed by atoms with E-state index >= 15 is 0 Å². The molecule has 5 nitrogen and oxygen atoms in total. The van der Waals surface area contributed by atoms with Crippen LogP contribution >= 0.6 is 0 Å². The van der Waals surface area contributed by atoms with E-state index < -0.39 is 5.63 Å². The van der Waals surface area contributed by atoms with Gasteiger partial charge in [-0.3, -0.25) is 4.79 Å². The van der Waals surface area contributed by atoms with Crippen LogP contribution in [0.15, 0.2) is 45.6 Å². The molecule has 1 aliphatic heterocycles. The number of morpholine rings is 1. The van der Waals surface area contributed by atoms with E-state index in [1.54, 1.807) is 11.8 Å². The van der Waals surface area contributed by atoms with E-state index in [0.717, 1.165) is 12.8 Å². The molecule has 1 aromatic heterocycles. The lowest BCUT2D eigenvalue weighted by Crippen LogP contribution is -2.49. The standard InChI is InChI=1S/C22H27NO4/c1-15-12-19(11-7-10-18-8-5-4-6-9-18)27-22(25)20(15)21(24)23-13-16(2)26-17(3)14-23/h4-6,8-9,12,16-17H,7,10-11,13-14H2,1-3H3/t16-,17+. The van der Waals surface area contributed by atoms with E-state index in [9.17, 15) is 9.59 Å². The molecule has 144 valence electrons. The molecule has 0 unspecified atom stereocenters. The van der Waals surface area contributed by atoms with Crippen LogP contribution in [0.3, 0.4) is 0 Å². The van der Waals surface area contributed by atoms with Crippen LogP contribution in [0.5, 0.6) is 0 Å². The molecule has 2 aromatic rings. The fourth-order valence-electron chi connectivity index (χ4n) is 3.67. The highest BCUT2D eigenvalue weighted by molar-refractivity contribution is 5.95. The molecular weight excluding hydrogens is 342 g/mol. The third-order valence-electron chi connectivity index (χ3n) is 4.85. The van der Waals surface area contributed by atoms with Crippen LogP contribution in [0.25, 0.3) is 0 Å². The van der Waals surface area contributed by atoms with Crippen molar-refractivity contribution in [1.29, 1.82) is 0 Å². The van der Waals surface area contributed by atoms with Gasteiger partial charge in [-0.15, -0.1) is 0 Å². The Balaban J connectivity index is 1.69. The molecule has 1 aliphatic rings. The van der Waals surface area contributed by atoms with Crippen LogP contribution < -0.4 is 5.63 Å². The average Bonchev–Trinajstić information content (AvgIpc) is 2.61. The van der Waals surface area contributed by atoms with Gasteiger partial charge in [-0.2, -0.15) is 0 Å². The Bertz CT molecular complexity index is 833. The summed E-state index contributed by atoms with van der Waals surface area (Å²) in [6.45, 7) is 6.64. The summed E-state index contributed by atoms with van der Waals surface area (Å²) in [6, 6.07) is 12.0. The zero-order valence-corrected chi connectivity index (χ0v) is 16.2. The Morgan fingerprint density at radius 3 is 2.41 bits per heavy atom. The number of benzene rings is 1. The summed E-state index contributed by atoms with van der Waals surface area (Å²) in [6.07, 6.45) is 2.40. The third kappa shape index (κ3) is 4.86. The number of amides is 1. The highest BCUT2D eigenvalue weighted by Crippen LogP contribution is 2.16. The van der Waals surface area contributed by atoms with Gasteiger partial charge in [0.15, 0.2) is 0 Å². The molecular formula is C22H27NO4. The molecule has 1 saturated heterocycles. The van der Waals surface area contributed by atoms with Gasteiger partial charge in [-0.1, -0.05) is 30.3 Å². The molecule has 27 heavy (non-hydrogen) atoms. The minimum atomic E-state index is -0.540. The molecule has 0 spiro atoms. The van der Waals surface area contributed by atoms with Gasteiger partial charge >= 0.3 is 5.63 Å².